The van der Waals surface area contributed by atoms with Gasteiger partial charge in [0.1, 0.15) is 0 Å². The number of nitrogens with one attached hydrogen (secondary N) is 1. The zero-order valence-electron chi connectivity index (χ0n) is 8.64. The second kappa shape index (κ2) is 2.98. The Morgan fingerprint density at radius 3 is 2.57 bits per heavy atom. The van der Waals surface area contributed by atoms with Gasteiger partial charge < -0.3 is 4.98 Å². The van der Waals surface area contributed by atoms with Crippen molar-refractivity contribution in [3.63, 3.8) is 0 Å². The molecule has 2 heteroatoms. The highest BCUT2D eigenvalue weighted by molar-refractivity contribution is 5.85. The van der Waals surface area contributed by atoms with Crippen LogP contribution in [-0.2, 0) is 0 Å². The molecule has 1 aromatic carbocycles. The number of aryl methyl sites for hydroxylation is 3. The van der Waals surface area contributed by atoms with Gasteiger partial charge in [-0.25, -0.2) is 0 Å². The number of benzene rings is 1. The first-order valence-electron chi connectivity index (χ1n) is 4.69. The zero-order chi connectivity index (χ0) is 10.3. The van der Waals surface area contributed by atoms with Crippen molar-refractivity contribution < 1.29 is 0 Å². The Morgan fingerprint density at radius 1 is 1.14 bits per heavy atom. The molecule has 2 rings (SSSR count). The molecule has 0 aliphatic carbocycles. The van der Waals surface area contributed by atoms with Gasteiger partial charge in [-0.2, -0.15) is 0 Å². The Hall–Kier alpha value is -1.57. The maximum Gasteiger partial charge on any atom is 0.189 e. The van der Waals surface area contributed by atoms with E-state index in [0.717, 1.165) is 22.0 Å². The van der Waals surface area contributed by atoms with Gasteiger partial charge in [-0.1, -0.05) is 6.07 Å². The van der Waals surface area contributed by atoms with E-state index >= 15 is 0 Å². The topological polar surface area (TPSA) is 32.9 Å². The maximum absolute atomic E-state index is 11.7. The standard InChI is InChI=1S/C12H13NO/c1-7-6-8(2)12-11(9(7)3)10(14)4-5-13-12/h4-6H,1-3H3,(H,13,14). The molecule has 0 fully saturated rings. The quantitative estimate of drug-likeness (QED) is 0.675. The van der Waals surface area contributed by atoms with Crippen LogP contribution < -0.4 is 5.43 Å². The van der Waals surface area contributed by atoms with Crippen LogP contribution in [0.1, 0.15) is 16.7 Å². The molecule has 72 valence electrons. The van der Waals surface area contributed by atoms with Gasteiger partial charge in [0.05, 0.1) is 5.52 Å². The maximum atomic E-state index is 11.7. The summed E-state index contributed by atoms with van der Waals surface area (Å²) in [6, 6.07) is 3.68. The normalized spacial score (nSPS) is 10.8. The number of fused-ring (bicyclic) bond motifs is 1. The average molecular weight is 187 g/mol. The lowest BCUT2D eigenvalue weighted by molar-refractivity contribution is 1.28. The number of hydrogen-bond acceptors (Lipinski definition) is 1. The molecule has 0 saturated carbocycles. The summed E-state index contributed by atoms with van der Waals surface area (Å²) in [6.07, 6.45) is 1.70. The summed E-state index contributed by atoms with van der Waals surface area (Å²) in [5.74, 6) is 0. The van der Waals surface area contributed by atoms with Crippen LogP contribution in [0.4, 0.5) is 0 Å². The zero-order valence-corrected chi connectivity index (χ0v) is 8.64. The summed E-state index contributed by atoms with van der Waals surface area (Å²) >= 11 is 0. The minimum Gasteiger partial charge on any atom is -0.361 e. The first-order valence-corrected chi connectivity index (χ1v) is 4.69. The molecule has 1 aromatic heterocycles. The Bertz CT molecular complexity index is 552. The number of aromatic nitrogens is 1. The Labute approximate surface area is 82.6 Å². The minimum absolute atomic E-state index is 0.100. The molecule has 2 nitrogen and oxygen atoms in total. The van der Waals surface area contributed by atoms with Gasteiger partial charge in [0, 0.05) is 17.6 Å². The van der Waals surface area contributed by atoms with Crippen molar-refractivity contribution in [2.45, 2.75) is 20.8 Å². The monoisotopic (exact) mass is 187 g/mol. The highest BCUT2D eigenvalue weighted by Crippen LogP contribution is 2.20. The lowest BCUT2D eigenvalue weighted by Crippen LogP contribution is -2.04. The molecule has 14 heavy (non-hydrogen) atoms. The fourth-order valence-electron chi connectivity index (χ4n) is 1.87. The fraction of sp³-hybridized carbons (Fsp3) is 0.250. The van der Waals surface area contributed by atoms with Gasteiger partial charge in [0.25, 0.3) is 0 Å². The van der Waals surface area contributed by atoms with Crippen LogP contribution in [-0.4, -0.2) is 4.98 Å². The van der Waals surface area contributed by atoms with Crippen LogP contribution >= 0.6 is 0 Å². The molecule has 0 bridgehead atoms. The molecule has 0 atom stereocenters. The first-order chi connectivity index (χ1) is 6.61. The van der Waals surface area contributed by atoms with Crippen LogP contribution in [0.3, 0.4) is 0 Å². The number of pyridine rings is 1. The van der Waals surface area contributed by atoms with Crippen molar-refractivity contribution in [2.24, 2.45) is 0 Å². The van der Waals surface area contributed by atoms with Crippen molar-refractivity contribution >= 4 is 10.9 Å². The second-order valence-corrected chi connectivity index (χ2v) is 3.73. The van der Waals surface area contributed by atoms with Gasteiger partial charge in [0.2, 0.25) is 0 Å². The van der Waals surface area contributed by atoms with E-state index < -0.39 is 0 Å². The fourth-order valence-corrected chi connectivity index (χ4v) is 1.87. The average Bonchev–Trinajstić information content (AvgIpc) is 2.14. The predicted molar refractivity (Wildman–Crippen MR) is 58.8 cm³/mol. The Kier molecular flexibility index (Phi) is 1.92. The molecule has 1 heterocycles. The van der Waals surface area contributed by atoms with Gasteiger partial charge in [0.15, 0.2) is 5.43 Å². The van der Waals surface area contributed by atoms with Crippen molar-refractivity contribution in [1.29, 1.82) is 0 Å². The van der Waals surface area contributed by atoms with Gasteiger partial charge in [-0.3, -0.25) is 4.79 Å². The summed E-state index contributed by atoms with van der Waals surface area (Å²) in [5.41, 5.74) is 4.43. The molecule has 0 amide bonds. The van der Waals surface area contributed by atoms with E-state index in [0.29, 0.717) is 0 Å². The highest BCUT2D eigenvalue weighted by atomic mass is 16.1. The van der Waals surface area contributed by atoms with Gasteiger partial charge >= 0.3 is 0 Å². The number of rotatable bonds is 0. The van der Waals surface area contributed by atoms with Crippen LogP contribution in [0.2, 0.25) is 0 Å². The highest BCUT2D eigenvalue weighted by Gasteiger charge is 2.06. The first kappa shape index (κ1) is 9.00. The molecule has 0 radical (unpaired) electrons. The van der Waals surface area contributed by atoms with E-state index in [-0.39, 0.29) is 5.43 Å². The minimum atomic E-state index is 0.100. The van der Waals surface area contributed by atoms with E-state index in [9.17, 15) is 4.79 Å². The second-order valence-electron chi connectivity index (χ2n) is 3.73. The molecule has 0 saturated heterocycles. The number of hydrogen-bond donors (Lipinski definition) is 1. The van der Waals surface area contributed by atoms with Crippen LogP contribution in [0.5, 0.6) is 0 Å². The lowest BCUT2D eigenvalue weighted by atomic mass is 10.0. The molecule has 0 aliphatic heterocycles. The third-order valence-electron chi connectivity index (χ3n) is 2.75. The third kappa shape index (κ3) is 1.15. The molecule has 0 aliphatic rings. The number of aromatic amines is 1. The van der Waals surface area contributed by atoms with Crippen molar-refractivity contribution in [2.75, 3.05) is 0 Å². The molecule has 0 spiro atoms. The van der Waals surface area contributed by atoms with E-state index in [1.165, 1.54) is 5.56 Å². The lowest BCUT2D eigenvalue weighted by Gasteiger charge is -2.07. The molecule has 1 N–H and O–H groups in total. The van der Waals surface area contributed by atoms with Crippen LogP contribution in [0.15, 0.2) is 23.1 Å². The van der Waals surface area contributed by atoms with E-state index in [2.05, 4.69) is 11.1 Å². The van der Waals surface area contributed by atoms with Crippen molar-refractivity contribution in [3.8, 4) is 0 Å². The van der Waals surface area contributed by atoms with Gasteiger partial charge in [-0.05, 0) is 37.5 Å². The molecule has 0 unspecified atom stereocenters. The smallest absolute Gasteiger partial charge is 0.189 e. The summed E-state index contributed by atoms with van der Waals surface area (Å²) in [4.78, 5) is 14.8. The van der Waals surface area contributed by atoms with E-state index in [1.54, 1.807) is 12.3 Å². The van der Waals surface area contributed by atoms with Crippen LogP contribution in [0.25, 0.3) is 10.9 Å². The summed E-state index contributed by atoms with van der Waals surface area (Å²) in [7, 11) is 0. The largest absolute Gasteiger partial charge is 0.361 e. The SMILES string of the molecule is Cc1cc(C)c2[nH]ccc(=O)c2c1C. The van der Waals surface area contributed by atoms with E-state index in [1.807, 2.05) is 20.8 Å². The summed E-state index contributed by atoms with van der Waals surface area (Å²) in [5, 5.41) is 0.824. The number of H-pyrrole nitrogens is 1. The Morgan fingerprint density at radius 2 is 1.86 bits per heavy atom. The molecular formula is C12H13NO. The molecule has 2 aromatic rings. The van der Waals surface area contributed by atoms with Crippen LogP contribution in [0, 0.1) is 20.8 Å². The summed E-state index contributed by atoms with van der Waals surface area (Å²) < 4.78 is 0. The van der Waals surface area contributed by atoms with Crippen molar-refractivity contribution in [1.82, 2.24) is 4.98 Å². The summed E-state index contributed by atoms with van der Waals surface area (Å²) in [6.45, 7) is 6.05. The van der Waals surface area contributed by atoms with Crippen molar-refractivity contribution in [3.05, 3.63) is 45.2 Å². The molecular weight excluding hydrogens is 174 g/mol. The third-order valence-corrected chi connectivity index (χ3v) is 2.75. The Balaban J connectivity index is 3.11. The van der Waals surface area contributed by atoms with Gasteiger partial charge in [-0.15, -0.1) is 0 Å². The van der Waals surface area contributed by atoms with E-state index in [4.69, 9.17) is 0 Å². The predicted octanol–water partition coefficient (Wildman–Crippen LogP) is 2.45.